The van der Waals surface area contributed by atoms with E-state index in [4.69, 9.17) is 9.47 Å². The van der Waals surface area contributed by atoms with Gasteiger partial charge in [0.2, 0.25) is 0 Å². The van der Waals surface area contributed by atoms with Gasteiger partial charge >= 0.3 is 0 Å². The van der Waals surface area contributed by atoms with Gasteiger partial charge in [-0.05, 0) is 17.9 Å². The molecule has 1 unspecified atom stereocenters. The fraction of sp³-hybridized carbons (Fsp3) is 0.647. The van der Waals surface area contributed by atoms with Crippen molar-refractivity contribution in [2.45, 2.75) is 33.0 Å². The number of aliphatic hydroxyl groups excluding tert-OH is 1. The standard InChI is InChI=1S/C17H29NO3/c1-15(2)8-10-20-11-9-18-12-17(19)14-21-13-16-6-4-3-5-7-16/h3-7,15,17-19H,8-14H2,1-2H3. The lowest BCUT2D eigenvalue weighted by Gasteiger charge is -2.13. The van der Waals surface area contributed by atoms with Gasteiger partial charge in [-0.15, -0.1) is 0 Å². The molecule has 4 heteroatoms. The van der Waals surface area contributed by atoms with E-state index in [1.54, 1.807) is 0 Å². The summed E-state index contributed by atoms with van der Waals surface area (Å²) in [6.45, 7) is 8.04. The molecule has 1 atom stereocenters. The molecule has 0 spiro atoms. The van der Waals surface area contributed by atoms with Gasteiger partial charge in [0.1, 0.15) is 0 Å². The van der Waals surface area contributed by atoms with Crippen LogP contribution in [0.3, 0.4) is 0 Å². The highest BCUT2D eigenvalue weighted by Crippen LogP contribution is 2.01. The second-order valence-corrected chi connectivity index (χ2v) is 5.65. The third-order valence-corrected chi connectivity index (χ3v) is 3.06. The van der Waals surface area contributed by atoms with Crippen molar-refractivity contribution in [3.8, 4) is 0 Å². The van der Waals surface area contributed by atoms with Gasteiger partial charge in [0.25, 0.3) is 0 Å². The van der Waals surface area contributed by atoms with E-state index < -0.39 is 6.10 Å². The van der Waals surface area contributed by atoms with Gasteiger partial charge in [-0.3, -0.25) is 0 Å². The van der Waals surface area contributed by atoms with E-state index >= 15 is 0 Å². The molecule has 21 heavy (non-hydrogen) atoms. The Balaban J connectivity index is 1.91. The van der Waals surface area contributed by atoms with Crippen LogP contribution < -0.4 is 5.32 Å². The van der Waals surface area contributed by atoms with E-state index in [-0.39, 0.29) is 0 Å². The molecule has 2 N–H and O–H groups in total. The van der Waals surface area contributed by atoms with Gasteiger partial charge in [0.15, 0.2) is 0 Å². The van der Waals surface area contributed by atoms with Crippen molar-refractivity contribution in [3.05, 3.63) is 35.9 Å². The summed E-state index contributed by atoms with van der Waals surface area (Å²) in [5, 5.41) is 12.9. The number of hydrogen-bond donors (Lipinski definition) is 2. The minimum atomic E-state index is -0.482. The van der Waals surface area contributed by atoms with Gasteiger partial charge in [-0.25, -0.2) is 0 Å². The Morgan fingerprint density at radius 2 is 1.86 bits per heavy atom. The molecule has 1 aromatic carbocycles. The summed E-state index contributed by atoms with van der Waals surface area (Å²) in [4.78, 5) is 0. The van der Waals surface area contributed by atoms with Gasteiger partial charge in [-0.2, -0.15) is 0 Å². The van der Waals surface area contributed by atoms with Crippen LogP contribution in [-0.4, -0.2) is 44.1 Å². The molecular formula is C17H29NO3. The minimum absolute atomic E-state index is 0.343. The van der Waals surface area contributed by atoms with Crippen molar-refractivity contribution >= 4 is 0 Å². The lowest BCUT2D eigenvalue weighted by Crippen LogP contribution is -2.32. The Bertz CT molecular complexity index is 343. The minimum Gasteiger partial charge on any atom is -0.389 e. The maximum atomic E-state index is 9.77. The quantitative estimate of drug-likeness (QED) is 0.581. The first-order valence-electron chi connectivity index (χ1n) is 7.76. The van der Waals surface area contributed by atoms with E-state index in [0.717, 1.165) is 25.1 Å². The van der Waals surface area contributed by atoms with Crippen LogP contribution in [0, 0.1) is 5.92 Å². The van der Waals surface area contributed by atoms with Crippen LogP contribution in [0.15, 0.2) is 30.3 Å². The molecule has 0 fully saturated rings. The maximum absolute atomic E-state index is 9.77. The van der Waals surface area contributed by atoms with Crippen LogP contribution in [0.25, 0.3) is 0 Å². The molecule has 0 saturated carbocycles. The summed E-state index contributed by atoms with van der Waals surface area (Å²) in [7, 11) is 0. The molecule has 120 valence electrons. The predicted octanol–water partition coefficient (Wildman–Crippen LogP) is 2.22. The molecule has 0 bridgehead atoms. The van der Waals surface area contributed by atoms with Crippen LogP contribution in [0.1, 0.15) is 25.8 Å². The summed E-state index contributed by atoms with van der Waals surface area (Å²) in [5.41, 5.74) is 1.12. The lowest BCUT2D eigenvalue weighted by molar-refractivity contribution is 0.0277. The van der Waals surface area contributed by atoms with Crippen molar-refractivity contribution in [1.82, 2.24) is 5.32 Å². The van der Waals surface area contributed by atoms with E-state index in [2.05, 4.69) is 19.2 Å². The molecule has 4 nitrogen and oxygen atoms in total. The summed E-state index contributed by atoms with van der Waals surface area (Å²) in [6.07, 6.45) is 0.611. The van der Waals surface area contributed by atoms with E-state index in [9.17, 15) is 5.11 Å². The molecule has 0 heterocycles. The SMILES string of the molecule is CC(C)CCOCCNCC(O)COCc1ccccc1. The predicted molar refractivity (Wildman–Crippen MR) is 85.2 cm³/mol. The largest absolute Gasteiger partial charge is 0.389 e. The van der Waals surface area contributed by atoms with Crippen LogP contribution >= 0.6 is 0 Å². The highest BCUT2D eigenvalue weighted by Gasteiger charge is 2.03. The Morgan fingerprint density at radius 1 is 1.10 bits per heavy atom. The first-order valence-corrected chi connectivity index (χ1v) is 7.76. The van der Waals surface area contributed by atoms with Crippen LogP contribution in [-0.2, 0) is 16.1 Å². The van der Waals surface area contributed by atoms with Crippen molar-refractivity contribution in [1.29, 1.82) is 0 Å². The van der Waals surface area contributed by atoms with E-state index in [1.165, 1.54) is 0 Å². The van der Waals surface area contributed by atoms with Gasteiger partial charge in [0.05, 0.1) is 25.9 Å². The number of aliphatic hydroxyl groups is 1. The first kappa shape index (κ1) is 18.1. The summed E-state index contributed by atoms with van der Waals surface area (Å²) < 4.78 is 11.0. The molecule has 0 aliphatic carbocycles. The number of nitrogens with one attached hydrogen (secondary N) is 1. The zero-order chi connectivity index (χ0) is 15.3. The van der Waals surface area contributed by atoms with E-state index in [0.29, 0.717) is 32.3 Å². The Kier molecular flexibility index (Phi) is 10.1. The van der Waals surface area contributed by atoms with Crippen molar-refractivity contribution < 1.29 is 14.6 Å². The third kappa shape index (κ3) is 10.4. The number of ether oxygens (including phenoxy) is 2. The molecule has 1 rings (SSSR count). The number of benzene rings is 1. The molecule has 0 aliphatic rings. The zero-order valence-electron chi connectivity index (χ0n) is 13.3. The monoisotopic (exact) mass is 295 g/mol. The summed E-state index contributed by atoms with van der Waals surface area (Å²) >= 11 is 0. The first-order chi connectivity index (χ1) is 10.2. The fourth-order valence-corrected chi connectivity index (χ4v) is 1.78. The third-order valence-electron chi connectivity index (χ3n) is 3.06. The molecule has 1 aromatic rings. The Labute approximate surface area is 128 Å². The number of rotatable bonds is 12. The fourth-order valence-electron chi connectivity index (χ4n) is 1.78. The normalized spacial score (nSPS) is 12.8. The summed E-state index contributed by atoms with van der Waals surface area (Å²) in [6, 6.07) is 9.97. The second-order valence-electron chi connectivity index (χ2n) is 5.65. The highest BCUT2D eigenvalue weighted by molar-refractivity contribution is 5.13. The van der Waals surface area contributed by atoms with Crippen LogP contribution in [0.5, 0.6) is 0 Å². The van der Waals surface area contributed by atoms with Crippen molar-refractivity contribution in [2.75, 3.05) is 32.9 Å². The van der Waals surface area contributed by atoms with Gasteiger partial charge in [0, 0.05) is 19.7 Å². The topological polar surface area (TPSA) is 50.7 Å². The molecule has 0 saturated heterocycles. The zero-order valence-corrected chi connectivity index (χ0v) is 13.3. The van der Waals surface area contributed by atoms with Crippen molar-refractivity contribution in [3.63, 3.8) is 0 Å². The van der Waals surface area contributed by atoms with Crippen LogP contribution in [0.2, 0.25) is 0 Å². The molecule has 0 amide bonds. The Hall–Kier alpha value is -0.940. The van der Waals surface area contributed by atoms with Gasteiger partial charge in [-0.1, -0.05) is 44.2 Å². The average molecular weight is 295 g/mol. The molecular weight excluding hydrogens is 266 g/mol. The highest BCUT2D eigenvalue weighted by atomic mass is 16.5. The summed E-state index contributed by atoms with van der Waals surface area (Å²) in [5.74, 6) is 0.682. The maximum Gasteiger partial charge on any atom is 0.0897 e. The van der Waals surface area contributed by atoms with Crippen LogP contribution in [0.4, 0.5) is 0 Å². The van der Waals surface area contributed by atoms with E-state index in [1.807, 2.05) is 30.3 Å². The second kappa shape index (κ2) is 11.7. The number of hydrogen-bond acceptors (Lipinski definition) is 4. The lowest BCUT2D eigenvalue weighted by atomic mass is 10.1. The molecule has 0 radical (unpaired) electrons. The smallest absolute Gasteiger partial charge is 0.0897 e. The van der Waals surface area contributed by atoms with Crippen molar-refractivity contribution in [2.24, 2.45) is 5.92 Å². The molecule has 0 aromatic heterocycles. The Morgan fingerprint density at radius 3 is 2.57 bits per heavy atom. The average Bonchev–Trinajstić information content (AvgIpc) is 2.47. The van der Waals surface area contributed by atoms with Gasteiger partial charge < -0.3 is 19.9 Å². The molecule has 0 aliphatic heterocycles.